The summed E-state index contributed by atoms with van der Waals surface area (Å²) >= 11 is 0. The van der Waals surface area contributed by atoms with E-state index in [0.717, 1.165) is 25.7 Å². The summed E-state index contributed by atoms with van der Waals surface area (Å²) in [7, 11) is 1.70. The molecule has 100 valence electrons. The van der Waals surface area contributed by atoms with Crippen LogP contribution in [0, 0.1) is 5.82 Å². The van der Waals surface area contributed by atoms with Crippen molar-refractivity contribution >= 4 is 5.69 Å². The highest BCUT2D eigenvalue weighted by Gasteiger charge is 2.06. The van der Waals surface area contributed by atoms with Crippen molar-refractivity contribution in [2.24, 2.45) is 0 Å². The van der Waals surface area contributed by atoms with Crippen LogP contribution in [0.3, 0.4) is 0 Å². The van der Waals surface area contributed by atoms with Crippen LogP contribution in [0.5, 0.6) is 5.75 Å². The third-order valence-electron chi connectivity index (χ3n) is 2.66. The number of allylic oxidation sites excluding steroid dienone is 2. The highest BCUT2D eigenvalue weighted by atomic mass is 19.1. The average molecular weight is 251 g/mol. The number of nitrogens with one attached hydrogen (secondary N) is 1. The lowest BCUT2D eigenvalue weighted by molar-refractivity contribution is 0.293. The summed E-state index contributed by atoms with van der Waals surface area (Å²) in [4.78, 5) is 0. The summed E-state index contributed by atoms with van der Waals surface area (Å²) in [6.07, 6.45) is 8.51. The molecule has 3 heteroatoms. The van der Waals surface area contributed by atoms with Gasteiger partial charge in [-0.1, -0.05) is 25.1 Å². The maximum absolute atomic E-state index is 13.7. The van der Waals surface area contributed by atoms with Crippen molar-refractivity contribution in [1.29, 1.82) is 0 Å². The number of rotatable bonds is 8. The summed E-state index contributed by atoms with van der Waals surface area (Å²) in [6.45, 7) is 2.68. The molecule has 1 rings (SSSR count). The molecule has 1 N–H and O–H groups in total. The van der Waals surface area contributed by atoms with Crippen LogP contribution in [0.2, 0.25) is 0 Å². The van der Waals surface area contributed by atoms with E-state index in [2.05, 4.69) is 24.4 Å². The van der Waals surface area contributed by atoms with E-state index in [0.29, 0.717) is 18.0 Å². The van der Waals surface area contributed by atoms with Crippen molar-refractivity contribution in [1.82, 2.24) is 0 Å². The van der Waals surface area contributed by atoms with Crippen molar-refractivity contribution in [2.45, 2.75) is 32.6 Å². The first-order valence-corrected chi connectivity index (χ1v) is 6.53. The Morgan fingerprint density at radius 3 is 2.83 bits per heavy atom. The molecule has 0 aliphatic heterocycles. The monoisotopic (exact) mass is 251 g/mol. The van der Waals surface area contributed by atoms with Crippen molar-refractivity contribution < 1.29 is 9.13 Å². The zero-order valence-corrected chi connectivity index (χ0v) is 11.2. The van der Waals surface area contributed by atoms with E-state index < -0.39 is 0 Å². The molecule has 0 atom stereocenters. The second-order valence-corrected chi connectivity index (χ2v) is 4.09. The highest BCUT2D eigenvalue weighted by molar-refractivity contribution is 5.49. The van der Waals surface area contributed by atoms with Crippen LogP contribution in [0.4, 0.5) is 10.1 Å². The third kappa shape index (κ3) is 4.78. The highest BCUT2D eigenvalue weighted by Crippen LogP contribution is 2.24. The molecular formula is C15H22FNO. The maximum atomic E-state index is 13.7. The van der Waals surface area contributed by atoms with Crippen LogP contribution in [0.15, 0.2) is 30.4 Å². The Balaban J connectivity index is 2.29. The largest absolute Gasteiger partial charge is 0.490 e. The van der Waals surface area contributed by atoms with Gasteiger partial charge in [0.05, 0.1) is 12.3 Å². The molecule has 0 radical (unpaired) electrons. The van der Waals surface area contributed by atoms with Gasteiger partial charge in [-0.3, -0.25) is 0 Å². The molecular weight excluding hydrogens is 229 g/mol. The first kappa shape index (κ1) is 14.6. The van der Waals surface area contributed by atoms with Gasteiger partial charge in [0.15, 0.2) is 11.6 Å². The molecule has 1 aromatic carbocycles. The summed E-state index contributed by atoms with van der Waals surface area (Å²) in [5, 5.41) is 2.80. The summed E-state index contributed by atoms with van der Waals surface area (Å²) in [5.74, 6) is 0.0110. The molecule has 1 aromatic rings. The van der Waals surface area contributed by atoms with E-state index >= 15 is 0 Å². The Kier molecular flexibility index (Phi) is 6.92. The summed E-state index contributed by atoms with van der Waals surface area (Å²) in [5.41, 5.74) is 0.471. The molecule has 0 heterocycles. The van der Waals surface area contributed by atoms with Crippen LogP contribution in [0.25, 0.3) is 0 Å². The Morgan fingerprint density at radius 1 is 1.28 bits per heavy atom. The van der Waals surface area contributed by atoms with Gasteiger partial charge in [0.1, 0.15) is 0 Å². The molecule has 0 bridgehead atoms. The Bertz CT molecular complexity index is 377. The summed E-state index contributed by atoms with van der Waals surface area (Å²) < 4.78 is 19.2. The first-order chi connectivity index (χ1) is 8.79. The van der Waals surface area contributed by atoms with E-state index in [9.17, 15) is 4.39 Å². The van der Waals surface area contributed by atoms with Gasteiger partial charge < -0.3 is 10.1 Å². The van der Waals surface area contributed by atoms with Crippen molar-refractivity contribution in [3.8, 4) is 5.75 Å². The minimum Gasteiger partial charge on any atom is -0.490 e. The molecule has 18 heavy (non-hydrogen) atoms. The van der Waals surface area contributed by atoms with Gasteiger partial charge in [0.2, 0.25) is 0 Å². The number of hydrogen-bond acceptors (Lipinski definition) is 2. The van der Waals surface area contributed by atoms with Gasteiger partial charge in [-0.15, -0.1) is 0 Å². The van der Waals surface area contributed by atoms with Gasteiger partial charge in [0.25, 0.3) is 0 Å². The van der Waals surface area contributed by atoms with E-state index in [1.807, 2.05) is 0 Å². The minimum absolute atomic E-state index is 0.314. The van der Waals surface area contributed by atoms with E-state index in [4.69, 9.17) is 4.74 Å². The smallest absolute Gasteiger partial charge is 0.188 e. The number of ether oxygens (including phenoxy) is 1. The van der Waals surface area contributed by atoms with Crippen molar-refractivity contribution in [3.05, 3.63) is 36.2 Å². The van der Waals surface area contributed by atoms with Gasteiger partial charge in [-0.2, -0.15) is 0 Å². The number of benzene rings is 1. The minimum atomic E-state index is -0.314. The third-order valence-corrected chi connectivity index (χ3v) is 2.66. The van der Waals surface area contributed by atoms with E-state index in [1.54, 1.807) is 25.2 Å². The first-order valence-electron chi connectivity index (χ1n) is 6.53. The lowest BCUT2D eigenvalue weighted by atomic mass is 10.2. The van der Waals surface area contributed by atoms with Crippen molar-refractivity contribution in [2.75, 3.05) is 19.0 Å². The number of halogens is 1. The van der Waals surface area contributed by atoms with Gasteiger partial charge in [0, 0.05) is 7.05 Å². The second kappa shape index (κ2) is 8.56. The molecule has 0 aliphatic rings. The fourth-order valence-electron chi connectivity index (χ4n) is 1.65. The summed E-state index contributed by atoms with van der Waals surface area (Å²) in [6, 6.07) is 5.14. The molecule has 0 saturated carbocycles. The quantitative estimate of drug-likeness (QED) is 0.546. The molecule has 0 saturated heterocycles. The lowest BCUT2D eigenvalue weighted by Gasteiger charge is -2.09. The SMILES string of the molecule is CC/C=C/CCCCOc1cccc(NC)c1F. The number of anilines is 1. The number of unbranched alkanes of at least 4 members (excludes halogenated alkanes) is 2. The van der Waals surface area contributed by atoms with Crippen LogP contribution in [0.1, 0.15) is 32.6 Å². The average Bonchev–Trinajstić information content (AvgIpc) is 2.39. The molecule has 2 nitrogen and oxygen atoms in total. The molecule has 0 spiro atoms. The zero-order valence-electron chi connectivity index (χ0n) is 11.2. The van der Waals surface area contributed by atoms with Crippen LogP contribution < -0.4 is 10.1 Å². The van der Waals surface area contributed by atoms with Crippen LogP contribution in [-0.2, 0) is 0 Å². The molecule has 0 fully saturated rings. The van der Waals surface area contributed by atoms with E-state index in [-0.39, 0.29) is 5.82 Å². The Labute approximate surface area is 109 Å². The van der Waals surface area contributed by atoms with Crippen LogP contribution in [-0.4, -0.2) is 13.7 Å². The lowest BCUT2D eigenvalue weighted by Crippen LogP contribution is -2.01. The Morgan fingerprint density at radius 2 is 2.11 bits per heavy atom. The normalized spacial score (nSPS) is 10.8. The topological polar surface area (TPSA) is 21.3 Å². The standard InChI is InChI=1S/C15H22FNO/c1-3-4-5-6-7-8-12-18-14-11-9-10-13(17-2)15(14)16/h4-5,9-11,17H,3,6-8,12H2,1-2H3/b5-4+. The maximum Gasteiger partial charge on any atom is 0.188 e. The molecule has 0 unspecified atom stereocenters. The van der Waals surface area contributed by atoms with Gasteiger partial charge >= 0.3 is 0 Å². The predicted molar refractivity (Wildman–Crippen MR) is 74.7 cm³/mol. The van der Waals surface area contributed by atoms with Gasteiger partial charge in [-0.25, -0.2) is 4.39 Å². The van der Waals surface area contributed by atoms with Crippen LogP contribution >= 0.6 is 0 Å². The second-order valence-electron chi connectivity index (χ2n) is 4.09. The molecule has 0 amide bonds. The molecule has 0 aromatic heterocycles. The van der Waals surface area contributed by atoms with E-state index in [1.165, 1.54) is 0 Å². The fourth-order valence-corrected chi connectivity index (χ4v) is 1.65. The predicted octanol–water partition coefficient (Wildman–Crippen LogP) is 4.38. The fraction of sp³-hybridized carbons (Fsp3) is 0.467. The van der Waals surface area contributed by atoms with Gasteiger partial charge in [-0.05, 0) is 37.8 Å². The number of hydrogen-bond donors (Lipinski definition) is 1. The molecule has 0 aliphatic carbocycles. The zero-order chi connectivity index (χ0) is 13.2. The Hall–Kier alpha value is -1.51. The van der Waals surface area contributed by atoms with Crippen molar-refractivity contribution in [3.63, 3.8) is 0 Å².